The Kier molecular flexibility index (Phi) is 4.19. The topological polar surface area (TPSA) is 17.8 Å². The van der Waals surface area contributed by atoms with Crippen LogP contribution in [0.25, 0.3) is 11.0 Å². The summed E-state index contributed by atoms with van der Waals surface area (Å²) in [6, 6.07) is 9.84. The van der Waals surface area contributed by atoms with Gasteiger partial charge in [-0.25, -0.2) is 4.98 Å². The van der Waals surface area contributed by atoms with Gasteiger partial charge in [0.1, 0.15) is 11.3 Å². The van der Waals surface area contributed by atoms with Crippen molar-refractivity contribution in [2.75, 3.05) is 0 Å². The molecule has 3 aromatic rings. The average molecular weight is 360 g/mol. The first kappa shape index (κ1) is 15.2. The fraction of sp³-hybridized carbons (Fsp3) is 0.267. The highest BCUT2D eigenvalue weighted by atomic mass is 35.5. The van der Waals surface area contributed by atoms with Crippen LogP contribution >= 0.6 is 46.1 Å². The molecule has 6 heteroatoms. The number of aromatic nitrogens is 2. The van der Waals surface area contributed by atoms with E-state index < -0.39 is 0 Å². The van der Waals surface area contributed by atoms with Crippen molar-refractivity contribution in [3.05, 3.63) is 50.4 Å². The number of para-hydroxylation sites is 1. The molecule has 0 bridgehead atoms. The van der Waals surface area contributed by atoms with E-state index >= 15 is 0 Å². The monoisotopic (exact) mass is 358 g/mol. The van der Waals surface area contributed by atoms with Gasteiger partial charge in [0, 0.05) is 4.88 Å². The normalized spacial score (nSPS) is 14.5. The second-order valence-corrected chi connectivity index (χ2v) is 7.69. The van der Waals surface area contributed by atoms with Crippen LogP contribution in [0.2, 0.25) is 9.36 Å². The minimum Gasteiger partial charge on any atom is -0.319 e. The lowest BCUT2D eigenvalue weighted by Gasteiger charge is -2.17. The summed E-state index contributed by atoms with van der Waals surface area (Å²) in [5.74, 6) is 0.816. The van der Waals surface area contributed by atoms with Crippen LogP contribution in [0.5, 0.6) is 0 Å². The third-order valence-electron chi connectivity index (χ3n) is 3.45. The van der Waals surface area contributed by atoms with E-state index in [1.165, 1.54) is 0 Å². The van der Waals surface area contributed by atoms with Crippen LogP contribution in [0.4, 0.5) is 0 Å². The summed E-state index contributed by atoms with van der Waals surface area (Å²) >= 11 is 20.2. The molecule has 0 saturated heterocycles. The van der Waals surface area contributed by atoms with Gasteiger partial charge in [-0.05, 0) is 38.1 Å². The first-order valence-electron chi connectivity index (χ1n) is 6.54. The number of benzene rings is 1. The van der Waals surface area contributed by atoms with Gasteiger partial charge in [0.05, 0.1) is 26.3 Å². The van der Waals surface area contributed by atoms with E-state index in [-0.39, 0.29) is 11.4 Å². The van der Waals surface area contributed by atoms with E-state index in [9.17, 15) is 0 Å². The van der Waals surface area contributed by atoms with E-state index in [2.05, 4.69) is 16.5 Å². The lowest BCUT2D eigenvalue weighted by molar-refractivity contribution is 0.628. The first-order chi connectivity index (χ1) is 9.99. The predicted octanol–water partition coefficient (Wildman–Crippen LogP) is 6.31. The fourth-order valence-corrected chi connectivity index (χ4v) is 3.94. The second kappa shape index (κ2) is 5.81. The van der Waals surface area contributed by atoms with Gasteiger partial charge < -0.3 is 4.57 Å². The molecule has 2 nitrogen and oxygen atoms in total. The third-order valence-corrected chi connectivity index (χ3v) is 5.35. The molecule has 0 spiro atoms. The van der Waals surface area contributed by atoms with Crippen LogP contribution in [0.1, 0.15) is 36.0 Å². The summed E-state index contributed by atoms with van der Waals surface area (Å²) in [6.07, 6.45) is 0. The Labute approximate surface area is 142 Å². The number of nitrogens with zero attached hydrogens (tertiary/aromatic N) is 2. The van der Waals surface area contributed by atoms with E-state index in [4.69, 9.17) is 34.8 Å². The Hall–Kier alpha value is -0.740. The maximum atomic E-state index is 6.32. The third kappa shape index (κ3) is 2.68. The molecule has 0 aliphatic rings. The van der Waals surface area contributed by atoms with Gasteiger partial charge in [-0.3, -0.25) is 0 Å². The zero-order valence-corrected chi connectivity index (χ0v) is 14.6. The zero-order chi connectivity index (χ0) is 15.1. The van der Waals surface area contributed by atoms with Crippen molar-refractivity contribution in [2.24, 2.45) is 0 Å². The molecule has 2 heterocycles. The van der Waals surface area contributed by atoms with E-state index in [1.54, 1.807) is 11.3 Å². The van der Waals surface area contributed by atoms with Crippen LogP contribution in [0.3, 0.4) is 0 Å². The lowest BCUT2D eigenvalue weighted by atomic mass is 10.2. The standard InChI is InChI=1S/C15H13Cl3N2S/c1-8(16)15-19-14-10(17)4-3-5-11(14)20(15)9(2)12-6-7-13(18)21-12/h3-9H,1-2H3. The van der Waals surface area contributed by atoms with E-state index in [0.29, 0.717) is 5.02 Å². The molecule has 3 rings (SSSR count). The molecule has 0 radical (unpaired) electrons. The number of halogens is 3. The summed E-state index contributed by atoms with van der Waals surface area (Å²) in [5, 5.41) is 0.438. The zero-order valence-electron chi connectivity index (χ0n) is 11.5. The van der Waals surface area contributed by atoms with Crippen molar-refractivity contribution in [3.8, 4) is 0 Å². The minimum atomic E-state index is -0.202. The van der Waals surface area contributed by atoms with Crippen molar-refractivity contribution in [3.63, 3.8) is 0 Å². The maximum absolute atomic E-state index is 6.32. The fourth-order valence-electron chi connectivity index (χ4n) is 2.47. The summed E-state index contributed by atoms with van der Waals surface area (Å²) in [4.78, 5) is 5.80. The number of imidazole rings is 1. The van der Waals surface area contributed by atoms with Gasteiger partial charge in [-0.15, -0.1) is 22.9 Å². The molecule has 0 amide bonds. The minimum absolute atomic E-state index is 0.0992. The van der Waals surface area contributed by atoms with Gasteiger partial charge >= 0.3 is 0 Å². The first-order valence-corrected chi connectivity index (χ1v) is 8.55. The molecule has 21 heavy (non-hydrogen) atoms. The highest BCUT2D eigenvalue weighted by molar-refractivity contribution is 7.16. The largest absolute Gasteiger partial charge is 0.319 e. The Morgan fingerprint density at radius 3 is 2.52 bits per heavy atom. The van der Waals surface area contributed by atoms with Crippen molar-refractivity contribution < 1.29 is 0 Å². The smallest absolute Gasteiger partial charge is 0.128 e. The molecule has 0 aliphatic carbocycles. The number of fused-ring (bicyclic) bond motifs is 1. The Bertz CT molecular complexity index is 791. The molecule has 2 aromatic heterocycles. The number of hydrogen-bond donors (Lipinski definition) is 0. The molecular weight excluding hydrogens is 347 g/mol. The van der Waals surface area contributed by atoms with Gasteiger partial charge in [0.25, 0.3) is 0 Å². The number of hydrogen-bond acceptors (Lipinski definition) is 2. The Balaban J connectivity index is 2.24. The van der Waals surface area contributed by atoms with Crippen LogP contribution in [-0.2, 0) is 0 Å². The highest BCUT2D eigenvalue weighted by Gasteiger charge is 2.22. The predicted molar refractivity (Wildman–Crippen MR) is 92.2 cm³/mol. The molecule has 0 fully saturated rings. The molecule has 110 valence electrons. The van der Waals surface area contributed by atoms with Crippen LogP contribution in [-0.4, -0.2) is 9.55 Å². The molecule has 2 unspecified atom stereocenters. The van der Waals surface area contributed by atoms with E-state index in [1.807, 2.05) is 37.3 Å². The average Bonchev–Trinajstić information content (AvgIpc) is 3.02. The molecule has 0 aliphatic heterocycles. The number of alkyl halides is 1. The van der Waals surface area contributed by atoms with Gasteiger partial charge in [-0.1, -0.05) is 29.3 Å². The van der Waals surface area contributed by atoms with Gasteiger partial charge in [0.15, 0.2) is 0 Å². The van der Waals surface area contributed by atoms with Crippen molar-refractivity contribution in [1.29, 1.82) is 0 Å². The molecule has 1 aromatic carbocycles. The maximum Gasteiger partial charge on any atom is 0.128 e. The van der Waals surface area contributed by atoms with Crippen LogP contribution < -0.4 is 0 Å². The summed E-state index contributed by atoms with van der Waals surface area (Å²) in [5.41, 5.74) is 1.78. The molecular formula is C15H13Cl3N2S. The summed E-state index contributed by atoms with van der Waals surface area (Å²) in [7, 11) is 0. The SMILES string of the molecule is CC(Cl)c1nc2c(Cl)cccc2n1C(C)c1ccc(Cl)s1. The quantitative estimate of drug-likeness (QED) is 0.501. The molecule has 0 saturated carbocycles. The Morgan fingerprint density at radius 2 is 1.90 bits per heavy atom. The summed E-state index contributed by atoms with van der Waals surface area (Å²) < 4.78 is 2.92. The highest BCUT2D eigenvalue weighted by Crippen LogP contribution is 2.36. The lowest BCUT2D eigenvalue weighted by Crippen LogP contribution is -2.10. The van der Waals surface area contributed by atoms with Gasteiger partial charge in [0.2, 0.25) is 0 Å². The number of thiophene rings is 1. The van der Waals surface area contributed by atoms with Gasteiger partial charge in [-0.2, -0.15) is 0 Å². The Morgan fingerprint density at radius 1 is 1.14 bits per heavy atom. The number of rotatable bonds is 3. The molecule has 2 atom stereocenters. The summed E-state index contributed by atoms with van der Waals surface area (Å²) in [6.45, 7) is 4.04. The van der Waals surface area contributed by atoms with Crippen molar-refractivity contribution >= 4 is 57.2 Å². The van der Waals surface area contributed by atoms with Crippen molar-refractivity contribution in [2.45, 2.75) is 25.3 Å². The van der Waals surface area contributed by atoms with E-state index in [0.717, 1.165) is 26.1 Å². The van der Waals surface area contributed by atoms with Crippen molar-refractivity contribution in [1.82, 2.24) is 9.55 Å². The van der Waals surface area contributed by atoms with Crippen LogP contribution in [0, 0.1) is 0 Å². The molecule has 0 N–H and O–H groups in total. The van der Waals surface area contributed by atoms with Crippen LogP contribution in [0.15, 0.2) is 30.3 Å². The second-order valence-electron chi connectivity index (χ2n) is 4.88.